The maximum atomic E-state index is 12.4. The Morgan fingerprint density at radius 1 is 1.16 bits per heavy atom. The highest BCUT2D eigenvalue weighted by Crippen LogP contribution is 2.40. The van der Waals surface area contributed by atoms with E-state index in [1.807, 2.05) is 0 Å². The molecule has 1 aliphatic carbocycles. The van der Waals surface area contributed by atoms with Crippen molar-refractivity contribution in [2.24, 2.45) is 5.92 Å². The Kier molecular flexibility index (Phi) is 6.88. The van der Waals surface area contributed by atoms with Gasteiger partial charge in [0.2, 0.25) is 5.75 Å². The largest absolute Gasteiger partial charge is 0.493 e. The third-order valence-corrected chi connectivity index (χ3v) is 6.23. The molecule has 2 heterocycles. The fourth-order valence-corrected chi connectivity index (χ4v) is 4.51. The highest BCUT2D eigenvalue weighted by Gasteiger charge is 2.19. The van der Waals surface area contributed by atoms with Gasteiger partial charge in [-0.2, -0.15) is 0 Å². The van der Waals surface area contributed by atoms with Crippen LogP contribution in [0, 0.1) is 5.92 Å². The summed E-state index contributed by atoms with van der Waals surface area (Å²) in [6.07, 6.45) is 10.3. The number of anilines is 2. The van der Waals surface area contributed by atoms with Gasteiger partial charge >= 0.3 is 5.63 Å². The molecule has 164 valence electrons. The maximum Gasteiger partial charge on any atom is 0.338 e. The van der Waals surface area contributed by atoms with Crippen LogP contribution in [0.3, 0.4) is 0 Å². The molecule has 0 unspecified atom stereocenters. The van der Waals surface area contributed by atoms with Gasteiger partial charge in [0.05, 0.1) is 35.1 Å². The van der Waals surface area contributed by atoms with E-state index in [0.717, 1.165) is 6.42 Å². The summed E-state index contributed by atoms with van der Waals surface area (Å²) in [5.41, 5.74) is 0.753. The lowest BCUT2D eigenvalue weighted by molar-refractivity contribution is 0.238. The van der Waals surface area contributed by atoms with E-state index >= 15 is 0 Å². The average Bonchev–Trinajstić information content (AvgIpc) is 2.77. The van der Waals surface area contributed by atoms with Gasteiger partial charge in [-0.15, -0.1) is 0 Å². The summed E-state index contributed by atoms with van der Waals surface area (Å²) in [4.78, 5) is 16.3. The first-order valence-electron chi connectivity index (χ1n) is 10.4. The molecule has 1 aromatic carbocycles. The summed E-state index contributed by atoms with van der Waals surface area (Å²) in [5, 5.41) is 4.46. The second-order valence-corrected chi connectivity index (χ2v) is 8.51. The van der Waals surface area contributed by atoms with Crippen molar-refractivity contribution in [1.82, 2.24) is 4.98 Å². The predicted octanol–water partition coefficient (Wildman–Crippen LogP) is 6.60. The van der Waals surface area contributed by atoms with E-state index in [2.05, 4.69) is 10.3 Å². The maximum absolute atomic E-state index is 12.4. The number of halogens is 2. The monoisotopic (exact) mass is 462 g/mol. The van der Waals surface area contributed by atoms with Crippen LogP contribution >= 0.6 is 23.2 Å². The quantitative estimate of drug-likeness (QED) is 0.398. The Bertz CT molecular complexity index is 1110. The molecule has 1 saturated carbocycles. The topological polar surface area (TPSA) is 73.6 Å². The lowest BCUT2D eigenvalue weighted by Crippen LogP contribution is -2.11. The average molecular weight is 463 g/mol. The van der Waals surface area contributed by atoms with Gasteiger partial charge < -0.3 is 19.2 Å². The highest BCUT2D eigenvalue weighted by molar-refractivity contribution is 6.39. The van der Waals surface area contributed by atoms with Crippen molar-refractivity contribution in [2.45, 2.75) is 38.5 Å². The summed E-state index contributed by atoms with van der Waals surface area (Å²) in [6, 6.07) is 4.95. The summed E-state index contributed by atoms with van der Waals surface area (Å²) in [5.74, 6) is 1.61. The standard InChI is InChI=1S/C23H24Cl2N2O4/c1-29-19-8-7-15-18(27-21-16(24)12-26-13-17(21)25)11-20(28)31-22(15)23(19)30-10-9-14-5-3-2-4-6-14/h7-8,11-14H,2-6,9-10H2,1H3,(H,26,27). The van der Waals surface area contributed by atoms with E-state index in [1.165, 1.54) is 50.6 Å². The Balaban J connectivity index is 1.68. The van der Waals surface area contributed by atoms with Crippen LogP contribution in [0.25, 0.3) is 11.0 Å². The van der Waals surface area contributed by atoms with Crippen LogP contribution in [0.15, 0.2) is 39.8 Å². The molecule has 8 heteroatoms. The van der Waals surface area contributed by atoms with Gasteiger partial charge in [-0.1, -0.05) is 55.3 Å². The Morgan fingerprint density at radius 3 is 2.61 bits per heavy atom. The number of nitrogens with one attached hydrogen (secondary N) is 1. The molecular formula is C23H24Cl2N2O4. The first-order valence-corrected chi connectivity index (χ1v) is 11.2. The van der Waals surface area contributed by atoms with Crippen LogP contribution in [0.4, 0.5) is 11.4 Å². The normalized spacial score (nSPS) is 14.5. The molecule has 3 aromatic rings. The lowest BCUT2D eigenvalue weighted by atomic mass is 9.87. The molecule has 31 heavy (non-hydrogen) atoms. The fourth-order valence-electron chi connectivity index (χ4n) is 4.05. The molecule has 1 aliphatic rings. The highest BCUT2D eigenvalue weighted by atomic mass is 35.5. The van der Waals surface area contributed by atoms with Gasteiger partial charge in [0.25, 0.3) is 0 Å². The number of nitrogens with zero attached hydrogens (tertiary/aromatic N) is 1. The number of rotatable bonds is 7. The first-order chi connectivity index (χ1) is 15.1. The van der Waals surface area contributed by atoms with E-state index in [1.54, 1.807) is 19.2 Å². The van der Waals surface area contributed by atoms with Crippen molar-refractivity contribution in [3.8, 4) is 11.5 Å². The second-order valence-electron chi connectivity index (χ2n) is 7.70. The Labute approximate surface area is 190 Å². The number of hydrogen-bond acceptors (Lipinski definition) is 6. The van der Waals surface area contributed by atoms with Gasteiger partial charge in [-0.25, -0.2) is 4.79 Å². The van der Waals surface area contributed by atoms with E-state index in [4.69, 9.17) is 37.1 Å². The Morgan fingerprint density at radius 2 is 1.90 bits per heavy atom. The molecule has 1 fully saturated rings. The molecule has 2 aromatic heterocycles. The van der Waals surface area contributed by atoms with Crippen molar-refractivity contribution >= 4 is 45.5 Å². The lowest BCUT2D eigenvalue weighted by Gasteiger charge is -2.22. The van der Waals surface area contributed by atoms with Gasteiger partial charge in [0.15, 0.2) is 11.3 Å². The predicted molar refractivity (Wildman–Crippen MR) is 123 cm³/mol. The SMILES string of the molecule is COc1ccc2c(Nc3c(Cl)cncc3Cl)cc(=O)oc2c1OCCC1CCCCC1. The second kappa shape index (κ2) is 9.79. The third kappa shape index (κ3) is 4.91. The number of methoxy groups -OCH3 is 1. The molecule has 0 spiro atoms. The minimum Gasteiger partial charge on any atom is -0.493 e. The number of hydrogen-bond donors (Lipinski definition) is 1. The molecule has 6 nitrogen and oxygen atoms in total. The minimum atomic E-state index is -0.526. The van der Waals surface area contributed by atoms with Crippen molar-refractivity contribution < 1.29 is 13.9 Å². The summed E-state index contributed by atoms with van der Waals surface area (Å²) in [6.45, 7) is 0.531. The summed E-state index contributed by atoms with van der Waals surface area (Å²) < 4.78 is 17.1. The zero-order valence-corrected chi connectivity index (χ0v) is 18.8. The molecule has 0 radical (unpaired) electrons. The van der Waals surface area contributed by atoms with Crippen LogP contribution in [-0.4, -0.2) is 18.7 Å². The van der Waals surface area contributed by atoms with E-state index in [-0.39, 0.29) is 0 Å². The fraction of sp³-hybridized carbons (Fsp3) is 0.391. The molecule has 1 N–H and O–H groups in total. The van der Waals surface area contributed by atoms with Crippen molar-refractivity contribution in [1.29, 1.82) is 0 Å². The third-order valence-electron chi connectivity index (χ3n) is 5.66. The van der Waals surface area contributed by atoms with Gasteiger partial charge in [-0.3, -0.25) is 4.98 Å². The zero-order valence-electron chi connectivity index (χ0n) is 17.2. The molecule has 4 rings (SSSR count). The van der Waals surface area contributed by atoms with Crippen LogP contribution in [-0.2, 0) is 0 Å². The molecule has 0 saturated heterocycles. The number of benzene rings is 1. The van der Waals surface area contributed by atoms with Crippen LogP contribution in [0.5, 0.6) is 11.5 Å². The van der Waals surface area contributed by atoms with Gasteiger partial charge in [0.1, 0.15) is 0 Å². The van der Waals surface area contributed by atoms with E-state index in [9.17, 15) is 4.79 Å². The molecule has 0 bridgehead atoms. The van der Waals surface area contributed by atoms with E-state index in [0.29, 0.717) is 56.4 Å². The Hall–Kier alpha value is -2.44. The van der Waals surface area contributed by atoms with E-state index < -0.39 is 5.63 Å². The minimum absolute atomic E-state index is 0.319. The number of ether oxygens (including phenoxy) is 2. The number of fused-ring (bicyclic) bond motifs is 1. The molecule has 0 atom stereocenters. The first kappa shape index (κ1) is 21.8. The van der Waals surface area contributed by atoms with Crippen LogP contribution < -0.4 is 20.4 Å². The summed E-state index contributed by atoms with van der Waals surface area (Å²) in [7, 11) is 1.56. The molecular weight excluding hydrogens is 439 g/mol. The van der Waals surface area contributed by atoms with Crippen molar-refractivity contribution in [3.63, 3.8) is 0 Å². The summed E-state index contributed by atoms with van der Waals surface area (Å²) >= 11 is 12.5. The number of aromatic nitrogens is 1. The van der Waals surface area contributed by atoms with Gasteiger partial charge in [-0.05, 0) is 24.5 Å². The molecule has 0 aliphatic heterocycles. The zero-order chi connectivity index (χ0) is 21.8. The van der Waals surface area contributed by atoms with Crippen LogP contribution in [0.2, 0.25) is 10.0 Å². The van der Waals surface area contributed by atoms with Gasteiger partial charge in [0, 0.05) is 23.8 Å². The van der Waals surface area contributed by atoms with Crippen molar-refractivity contribution in [2.75, 3.05) is 19.0 Å². The van der Waals surface area contributed by atoms with Crippen LogP contribution in [0.1, 0.15) is 38.5 Å². The van der Waals surface area contributed by atoms with Crippen molar-refractivity contribution in [3.05, 3.63) is 51.1 Å². The smallest absolute Gasteiger partial charge is 0.338 e. The number of pyridine rings is 1. The molecule has 0 amide bonds.